The topological polar surface area (TPSA) is 57.6 Å². The molecule has 1 saturated heterocycles. The smallest absolute Gasteiger partial charge is 0.218 e. The third kappa shape index (κ3) is 3.52. The van der Waals surface area contributed by atoms with Gasteiger partial charge in [-0.05, 0) is 30.0 Å². The van der Waals surface area contributed by atoms with Crippen molar-refractivity contribution in [1.29, 1.82) is 0 Å². The first kappa shape index (κ1) is 14.4. The number of benzene rings is 1. The van der Waals surface area contributed by atoms with Gasteiger partial charge in [-0.25, -0.2) is 12.8 Å². The van der Waals surface area contributed by atoms with Crippen LogP contribution in [0.3, 0.4) is 0 Å². The standard InChI is InChI=1S/C13H18FNO3S/c1-10-5-6-15(8-13(10)16)19(17,18)9-11-3-2-4-12(14)7-11/h2-4,7,10,13,16H,5-6,8-9H2,1H3. The van der Waals surface area contributed by atoms with Crippen LogP contribution < -0.4 is 0 Å². The molecule has 1 fully saturated rings. The van der Waals surface area contributed by atoms with Gasteiger partial charge in [-0.15, -0.1) is 0 Å². The van der Waals surface area contributed by atoms with Crippen molar-refractivity contribution in [3.63, 3.8) is 0 Å². The first-order chi connectivity index (χ1) is 8.88. The van der Waals surface area contributed by atoms with E-state index in [4.69, 9.17) is 0 Å². The number of hydrogen-bond donors (Lipinski definition) is 1. The summed E-state index contributed by atoms with van der Waals surface area (Å²) in [5, 5.41) is 9.76. The van der Waals surface area contributed by atoms with E-state index in [1.165, 1.54) is 22.5 Å². The molecular formula is C13H18FNO3S. The van der Waals surface area contributed by atoms with Crippen LogP contribution in [-0.2, 0) is 15.8 Å². The quantitative estimate of drug-likeness (QED) is 0.913. The number of halogens is 1. The van der Waals surface area contributed by atoms with Gasteiger partial charge >= 0.3 is 0 Å². The van der Waals surface area contributed by atoms with Crippen LogP contribution in [0.4, 0.5) is 4.39 Å². The van der Waals surface area contributed by atoms with Gasteiger partial charge in [0.1, 0.15) is 5.82 Å². The number of hydrogen-bond acceptors (Lipinski definition) is 3. The van der Waals surface area contributed by atoms with Gasteiger partial charge in [-0.2, -0.15) is 4.31 Å². The molecule has 1 aromatic carbocycles. The molecule has 0 bridgehead atoms. The zero-order valence-electron chi connectivity index (χ0n) is 10.8. The molecule has 1 N–H and O–H groups in total. The lowest BCUT2D eigenvalue weighted by molar-refractivity contribution is 0.0604. The van der Waals surface area contributed by atoms with E-state index >= 15 is 0 Å². The third-order valence-electron chi connectivity index (χ3n) is 3.51. The van der Waals surface area contributed by atoms with E-state index in [0.717, 1.165) is 0 Å². The Bertz CT molecular complexity index is 547. The highest BCUT2D eigenvalue weighted by Gasteiger charge is 2.31. The molecule has 1 aliphatic heterocycles. The van der Waals surface area contributed by atoms with Crippen LogP contribution in [0, 0.1) is 11.7 Å². The van der Waals surface area contributed by atoms with Crippen molar-refractivity contribution in [2.24, 2.45) is 5.92 Å². The fourth-order valence-corrected chi connectivity index (χ4v) is 3.75. The lowest BCUT2D eigenvalue weighted by Gasteiger charge is -2.33. The SMILES string of the molecule is CC1CCN(S(=O)(=O)Cc2cccc(F)c2)CC1O. The molecule has 2 atom stereocenters. The maximum atomic E-state index is 13.0. The van der Waals surface area contributed by atoms with Crippen LogP contribution in [0.1, 0.15) is 18.9 Å². The van der Waals surface area contributed by atoms with Gasteiger partial charge in [0.25, 0.3) is 0 Å². The number of piperidine rings is 1. The van der Waals surface area contributed by atoms with Gasteiger partial charge in [0, 0.05) is 13.1 Å². The van der Waals surface area contributed by atoms with Crippen molar-refractivity contribution < 1.29 is 17.9 Å². The van der Waals surface area contributed by atoms with E-state index in [1.54, 1.807) is 6.07 Å². The number of aliphatic hydroxyl groups excluding tert-OH is 1. The average Bonchev–Trinajstić information content (AvgIpc) is 2.32. The minimum absolute atomic E-state index is 0.112. The summed E-state index contributed by atoms with van der Waals surface area (Å²) in [5.41, 5.74) is 0.424. The Morgan fingerprint density at radius 3 is 2.84 bits per heavy atom. The summed E-state index contributed by atoms with van der Waals surface area (Å²) in [6, 6.07) is 5.58. The van der Waals surface area contributed by atoms with Crippen LogP contribution >= 0.6 is 0 Å². The normalized spacial score (nSPS) is 25.4. The zero-order chi connectivity index (χ0) is 14.0. The lowest BCUT2D eigenvalue weighted by atomic mass is 9.98. The van der Waals surface area contributed by atoms with Crippen molar-refractivity contribution in [3.05, 3.63) is 35.6 Å². The Hall–Kier alpha value is -0.980. The van der Waals surface area contributed by atoms with Gasteiger partial charge in [0.2, 0.25) is 10.0 Å². The fourth-order valence-electron chi connectivity index (χ4n) is 2.20. The second kappa shape index (κ2) is 5.56. The Morgan fingerprint density at radius 2 is 2.21 bits per heavy atom. The third-order valence-corrected chi connectivity index (χ3v) is 5.33. The van der Waals surface area contributed by atoms with Crippen molar-refractivity contribution in [3.8, 4) is 0 Å². The van der Waals surface area contributed by atoms with Gasteiger partial charge in [-0.3, -0.25) is 0 Å². The largest absolute Gasteiger partial charge is 0.391 e. The highest BCUT2D eigenvalue weighted by Crippen LogP contribution is 2.21. The highest BCUT2D eigenvalue weighted by atomic mass is 32.2. The lowest BCUT2D eigenvalue weighted by Crippen LogP contribution is -2.46. The van der Waals surface area contributed by atoms with E-state index in [1.807, 2.05) is 6.92 Å². The average molecular weight is 287 g/mol. The highest BCUT2D eigenvalue weighted by molar-refractivity contribution is 7.88. The van der Waals surface area contributed by atoms with Crippen molar-refractivity contribution >= 4 is 10.0 Å². The monoisotopic (exact) mass is 287 g/mol. The maximum absolute atomic E-state index is 13.0. The summed E-state index contributed by atoms with van der Waals surface area (Å²) in [4.78, 5) is 0. The van der Waals surface area contributed by atoms with Gasteiger partial charge in [0.05, 0.1) is 11.9 Å². The molecule has 0 radical (unpaired) electrons. The van der Waals surface area contributed by atoms with Gasteiger partial charge in [0.15, 0.2) is 0 Å². The van der Waals surface area contributed by atoms with E-state index in [-0.39, 0.29) is 18.2 Å². The summed E-state index contributed by atoms with van der Waals surface area (Å²) in [6.07, 6.45) is 0.0137. The van der Waals surface area contributed by atoms with Crippen molar-refractivity contribution in [2.45, 2.75) is 25.2 Å². The van der Waals surface area contributed by atoms with Crippen LogP contribution in [0.2, 0.25) is 0 Å². The molecule has 19 heavy (non-hydrogen) atoms. The minimum atomic E-state index is -3.50. The maximum Gasteiger partial charge on any atom is 0.218 e. The van der Waals surface area contributed by atoms with Crippen molar-refractivity contribution in [1.82, 2.24) is 4.31 Å². The summed E-state index contributed by atoms with van der Waals surface area (Å²) in [7, 11) is -3.50. The first-order valence-electron chi connectivity index (χ1n) is 6.29. The van der Waals surface area contributed by atoms with Crippen LogP contribution in [-0.4, -0.2) is 37.0 Å². The fraction of sp³-hybridized carbons (Fsp3) is 0.538. The second-order valence-electron chi connectivity index (χ2n) is 5.08. The summed E-state index contributed by atoms with van der Waals surface area (Å²) >= 11 is 0. The molecule has 6 heteroatoms. The zero-order valence-corrected chi connectivity index (χ0v) is 11.6. The van der Waals surface area contributed by atoms with Crippen LogP contribution in [0.15, 0.2) is 24.3 Å². The molecule has 0 saturated carbocycles. The first-order valence-corrected chi connectivity index (χ1v) is 7.90. The summed E-state index contributed by atoms with van der Waals surface area (Å²) in [6.45, 7) is 2.44. The van der Waals surface area contributed by atoms with E-state index in [0.29, 0.717) is 18.5 Å². The Balaban J connectivity index is 2.10. The molecule has 2 unspecified atom stereocenters. The van der Waals surface area contributed by atoms with E-state index < -0.39 is 21.9 Å². The number of rotatable bonds is 3. The number of β-amino-alcohol motifs (C(OH)–C–C–N with tert-alkyl or cyclic N) is 1. The number of aliphatic hydroxyl groups is 1. The molecule has 1 aromatic rings. The minimum Gasteiger partial charge on any atom is -0.391 e. The molecule has 1 heterocycles. The molecule has 0 aromatic heterocycles. The van der Waals surface area contributed by atoms with Gasteiger partial charge in [-0.1, -0.05) is 19.1 Å². The molecule has 2 rings (SSSR count). The van der Waals surface area contributed by atoms with Crippen LogP contribution in [0.25, 0.3) is 0 Å². The van der Waals surface area contributed by atoms with Crippen molar-refractivity contribution in [2.75, 3.05) is 13.1 Å². The molecule has 0 spiro atoms. The van der Waals surface area contributed by atoms with Gasteiger partial charge < -0.3 is 5.11 Å². The Morgan fingerprint density at radius 1 is 1.47 bits per heavy atom. The number of sulfonamides is 1. The Labute approximate surface area is 112 Å². The predicted molar refractivity (Wildman–Crippen MR) is 70.4 cm³/mol. The van der Waals surface area contributed by atoms with E-state index in [9.17, 15) is 17.9 Å². The molecule has 0 amide bonds. The molecule has 106 valence electrons. The summed E-state index contributed by atoms with van der Waals surface area (Å²) in [5.74, 6) is -0.563. The molecule has 1 aliphatic rings. The number of nitrogens with zero attached hydrogens (tertiary/aromatic N) is 1. The van der Waals surface area contributed by atoms with E-state index in [2.05, 4.69) is 0 Å². The molecule has 4 nitrogen and oxygen atoms in total. The summed E-state index contributed by atoms with van der Waals surface area (Å²) < 4.78 is 38.8. The van der Waals surface area contributed by atoms with Crippen LogP contribution in [0.5, 0.6) is 0 Å². The Kier molecular flexibility index (Phi) is 4.23. The predicted octanol–water partition coefficient (Wildman–Crippen LogP) is 1.36. The second-order valence-corrected chi connectivity index (χ2v) is 7.05. The molecule has 0 aliphatic carbocycles. The molecular weight excluding hydrogens is 269 g/mol.